The van der Waals surface area contributed by atoms with Crippen LogP contribution in [0, 0.1) is 11.7 Å². The zero-order valence-corrected chi connectivity index (χ0v) is 22.3. The lowest BCUT2D eigenvalue weighted by Gasteiger charge is -2.36. The van der Waals surface area contributed by atoms with E-state index in [0.29, 0.717) is 12.0 Å². The van der Waals surface area contributed by atoms with E-state index in [1.807, 2.05) is 13.8 Å². The second-order valence-corrected chi connectivity index (χ2v) is 10.9. The summed E-state index contributed by atoms with van der Waals surface area (Å²) in [6.07, 6.45) is 3.90. The first-order chi connectivity index (χ1) is 18.4. The molecule has 1 saturated carbocycles. The number of nitrogens with zero attached hydrogens (tertiary/aromatic N) is 3. The minimum absolute atomic E-state index is 0.0182. The van der Waals surface area contributed by atoms with Gasteiger partial charge >= 0.3 is 0 Å². The molecule has 5 rings (SSSR count). The summed E-state index contributed by atoms with van der Waals surface area (Å²) in [4.78, 5) is 34.9. The Hall–Kier alpha value is -3.10. The number of amides is 2. The van der Waals surface area contributed by atoms with E-state index in [1.54, 1.807) is 0 Å². The van der Waals surface area contributed by atoms with Crippen LogP contribution < -0.4 is 10.2 Å². The fraction of sp³-hybridized carbons (Fsp3) is 0.500. The highest BCUT2D eigenvalue weighted by Gasteiger charge is 2.36. The van der Waals surface area contributed by atoms with Gasteiger partial charge in [0.1, 0.15) is 11.7 Å². The number of hydrogen-bond acceptors (Lipinski definition) is 4. The molecule has 0 aromatic heterocycles. The van der Waals surface area contributed by atoms with Crippen LogP contribution in [0.15, 0.2) is 47.5 Å². The van der Waals surface area contributed by atoms with Gasteiger partial charge in [0.05, 0.1) is 13.2 Å². The van der Waals surface area contributed by atoms with E-state index in [2.05, 4.69) is 38.3 Å². The van der Waals surface area contributed by atoms with Crippen LogP contribution in [0.25, 0.3) is 0 Å². The molecule has 7 nitrogen and oxygen atoms in total. The van der Waals surface area contributed by atoms with Gasteiger partial charge in [0.15, 0.2) is 0 Å². The van der Waals surface area contributed by atoms with E-state index in [1.165, 1.54) is 29.8 Å². The average molecular weight is 521 g/mol. The molecule has 2 heterocycles. The lowest BCUT2D eigenvalue weighted by Crippen LogP contribution is -2.44. The van der Waals surface area contributed by atoms with Crippen molar-refractivity contribution in [3.63, 3.8) is 0 Å². The number of halogens is 1. The molecule has 0 unspecified atom stereocenters. The highest BCUT2D eigenvalue weighted by Crippen LogP contribution is 2.38. The third-order valence-corrected chi connectivity index (χ3v) is 7.73. The van der Waals surface area contributed by atoms with Crippen LogP contribution in [0.5, 0.6) is 0 Å². The molecule has 2 amide bonds. The Morgan fingerprint density at radius 3 is 2.45 bits per heavy atom. The van der Waals surface area contributed by atoms with E-state index >= 15 is 0 Å². The van der Waals surface area contributed by atoms with Crippen LogP contribution in [0.3, 0.4) is 0 Å². The Balaban J connectivity index is 1.39. The number of fused-ring (bicyclic) bond motifs is 1. The molecule has 1 aliphatic carbocycles. The van der Waals surface area contributed by atoms with Crippen molar-refractivity contribution in [2.75, 3.05) is 31.2 Å². The van der Waals surface area contributed by atoms with Crippen LogP contribution in [0.1, 0.15) is 61.0 Å². The predicted molar refractivity (Wildman–Crippen MR) is 146 cm³/mol. The minimum atomic E-state index is -0.379. The number of carbonyl (C=O) groups excluding carboxylic acids is 2. The van der Waals surface area contributed by atoms with Crippen LogP contribution in [-0.2, 0) is 22.5 Å². The summed E-state index contributed by atoms with van der Waals surface area (Å²) in [6.45, 7) is 8.18. The SMILES string of the molecule is CC(C)NC(=O)C1CCC(N2C(=NC(=O)c3ccc(F)cc3)Cc3ccc(CN4CCOCC4)cc32)CC1. The molecule has 2 aliphatic heterocycles. The largest absolute Gasteiger partial charge is 0.379 e. The Bertz CT molecular complexity index is 1180. The quantitative estimate of drug-likeness (QED) is 0.613. The third kappa shape index (κ3) is 6.13. The van der Waals surface area contributed by atoms with Gasteiger partial charge in [0.25, 0.3) is 5.91 Å². The number of ether oxygens (including phenoxy) is 1. The van der Waals surface area contributed by atoms with Gasteiger partial charge in [-0.1, -0.05) is 12.1 Å². The van der Waals surface area contributed by atoms with Crippen molar-refractivity contribution < 1.29 is 18.7 Å². The van der Waals surface area contributed by atoms with Crippen molar-refractivity contribution >= 4 is 23.3 Å². The molecule has 0 radical (unpaired) electrons. The van der Waals surface area contributed by atoms with Gasteiger partial charge in [-0.25, -0.2) is 4.39 Å². The van der Waals surface area contributed by atoms with Gasteiger partial charge in [-0.2, -0.15) is 4.99 Å². The van der Waals surface area contributed by atoms with Gasteiger partial charge in [0.2, 0.25) is 5.91 Å². The lowest BCUT2D eigenvalue weighted by atomic mass is 9.84. The summed E-state index contributed by atoms with van der Waals surface area (Å²) in [5.41, 5.74) is 3.86. The minimum Gasteiger partial charge on any atom is -0.379 e. The summed E-state index contributed by atoms with van der Waals surface area (Å²) in [6, 6.07) is 12.4. The topological polar surface area (TPSA) is 74.2 Å². The number of morpholine rings is 1. The van der Waals surface area contributed by atoms with Crippen molar-refractivity contribution in [1.29, 1.82) is 0 Å². The van der Waals surface area contributed by atoms with Crippen molar-refractivity contribution in [3.05, 3.63) is 65.0 Å². The van der Waals surface area contributed by atoms with Crippen molar-refractivity contribution in [2.45, 2.75) is 64.6 Å². The van der Waals surface area contributed by atoms with E-state index in [9.17, 15) is 14.0 Å². The molecule has 3 aliphatic rings. The van der Waals surface area contributed by atoms with Crippen molar-refractivity contribution in [3.8, 4) is 0 Å². The molecular weight excluding hydrogens is 483 g/mol. The third-order valence-electron chi connectivity index (χ3n) is 7.73. The molecule has 38 heavy (non-hydrogen) atoms. The van der Waals surface area contributed by atoms with Gasteiger partial charge < -0.3 is 15.0 Å². The highest BCUT2D eigenvalue weighted by molar-refractivity contribution is 6.12. The molecule has 0 atom stereocenters. The summed E-state index contributed by atoms with van der Waals surface area (Å²) in [7, 11) is 0. The van der Waals surface area contributed by atoms with E-state index in [4.69, 9.17) is 4.74 Å². The second-order valence-electron chi connectivity index (χ2n) is 10.9. The number of hydrogen-bond donors (Lipinski definition) is 1. The predicted octanol–water partition coefficient (Wildman–Crippen LogP) is 4.34. The smallest absolute Gasteiger partial charge is 0.278 e. The fourth-order valence-corrected chi connectivity index (χ4v) is 5.77. The van der Waals surface area contributed by atoms with Crippen molar-refractivity contribution in [1.82, 2.24) is 10.2 Å². The van der Waals surface area contributed by atoms with Gasteiger partial charge in [-0.15, -0.1) is 0 Å². The lowest BCUT2D eigenvalue weighted by molar-refractivity contribution is -0.126. The van der Waals surface area contributed by atoms with Gasteiger partial charge in [-0.3, -0.25) is 14.5 Å². The number of aliphatic imine (C=N–C) groups is 1. The Labute approximate surface area is 224 Å². The maximum atomic E-state index is 13.4. The van der Waals surface area contributed by atoms with Gasteiger partial charge in [-0.05, 0) is 81.0 Å². The summed E-state index contributed by atoms with van der Waals surface area (Å²) in [5.74, 6) is 0.137. The number of amidine groups is 1. The maximum absolute atomic E-state index is 13.4. The molecule has 0 bridgehead atoms. The highest BCUT2D eigenvalue weighted by atomic mass is 19.1. The Morgan fingerprint density at radius 1 is 1.05 bits per heavy atom. The number of nitrogens with one attached hydrogen (secondary N) is 1. The fourth-order valence-electron chi connectivity index (χ4n) is 5.77. The first-order valence-corrected chi connectivity index (χ1v) is 13.8. The summed E-state index contributed by atoms with van der Waals surface area (Å²) < 4.78 is 18.9. The molecule has 0 spiro atoms. The van der Waals surface area contributed by atoms with E-state index in [-0.39, 0.29) is 35.6 Å². The van der Waals surface area contributed by atoms with Crippen LogP contribution >= 0.6 is 0 Å². The van der Waals surface area contributed by atoms with Crippen LogP contribution in [0.2, 0.25) is 0 Å². The summed E-state index contributed by atoms with van der Waals surface area (Å²) in [5, 5.41) is 3.05. The van der Waals surface area contributed by atoms with E-state index in [0.717, 1.165) is 75.6 Å². The zero-order valence-electron chi connectivity index (χ0n) is 22.3. The molecule has 1 saturated heterocycles. The van der Waals surface area contributed by atoms with Gasteiger partial charge in [0, 0.05) is 55.3 Å². The second kappa shape index (κ2) is 11.7. The molecular formula is C30H37FN4O3. The molecule has 1 N–H and O–H groups in total. The number of benzene rings is 2. The number of carbonyl (C=O) groups is 2. The maximum Gasteiger partial charge on any atom is 0.278 e. The molecule has 2 aromatic carbocycles. The van der Waals surface area contributed by atoms with E-state index < -0.39 is 0 Å². The molecule has 2 fully saturated rings. The first kappa shape index (κ1) is 26.5. The Kier molecular flexibility index (Phi) is 8.19. The number of rotatable bonds is 6. The van der Waals surface area contributed by atoms with Crippen molar-refractivity contribution in [2.24, 2.45) is 10.9 Å². The number of anilines is 1. The zero-order chi connectivity index (χ0) is 26.6. The molecule has 2 aromatic rings. The molecule has 8 heteroatoms. The monoisotopic (exact) mass is 520 g/mol. The molecule has 202 valence electrons. The summed E-state index contributed by atoms with van der Waals surface area (Å²) >= 11 is 0. The van der Waals surface area contributed by atoms with Crippen LogP contribution in [-0.4, -0.2) is 60.9 Å². The normalized spacial score (nSPS) is 23.1. The Morgan fingerprint density at radius 2 is 1.76 bits per heavy atom. The first-order valence-electron chi connectivity index (χ1n) is 13.8. The van der Waals surface area contributed by atoms with Crippen LogP contribution in [0.4, 0.5) is 10.1 Å². The average Bonchev–Trinajstić information content (AvgIpc) is 3.26. The standard InChI is InChI=1S/C30H37FN4O3/c1-20(2)32-29(36)23-7-11-26(12-8-23)35-27-17-21(19-34-13-15-38-16-14-34)3-4-24(27)18-28(35)33-30(37)22-5-9-25(31)10-6-22/h3-6,9-10,17,20,23,26H,7-8,11-16,18-19H2,1-2H3,(H,32,36).